The van der Waals surface area contributed by atoms with Crippen LogP contribution in [0.1, 0.15) is 45.4 Å². The van der Waals surface area contributed by atoms with Crippen molar-refractivity contribution in [2.45, 2.75) is 62.8 Å². The number of hydrogen-bond acceptors (Lipinski definition) is 3. The molecule has 0 radical (unpaired) electrons. The highest BCUT2D eigenvalue weighted by molar-refractivity contribution is 7.99. The van der Waals surface area contributed by atoms with Gasteiger partial charge in [0.1, 0.15) is 0 Å². The van der Waals surface area contributed by atoms with Crippen LogP contribution < -0.4 is 5.32 Å². The predicted molar refractivity (Wildman–Crippen MR) is 79.5 cm³/mol. The van der Waals surface area contributed by atoms with E-state index in [1.165, 1.54) is 12.8 Å². The number of hydrogen-bond donors (Lipinski definition) is 2. The minimum Gasteiger partial charge on any atom is -0.395 e. The normalized spacial score (nSPS) is 27.1. The summed E-state index contributed by atoms with van der Waals surface area (Å²) >= 11 is 2.02. The molecule has 0 saturated heterocycles. The molecule has 2 amide bonds. The Morgan fingerprint density at radius 1 is 1.37 bits per heavy atom. The first-order valence-electron chi connectivity index (χ1n) is 7.54. The maximum atomic E-state index is 12.2. The Morgan fingerprint density at radius 2 is 2.16 bits per heavy atom. The molecule has 2 aliphatic carbocycles. The number of aliphatic hydroxyl groups is 1. The van der Waals surface area contributed by atoms with Gasteiger partial charge < -0.3 is 15.3 Å². The Kier molecular flexibility index (Phi) is 5.82. The highest BCUT2D eigenvalue weighted by atomic mass is 32.2. The van der Waals surface area contributed by atoms with Crippen molar-refractivity contribution in [1.29, 1.82) is 0 Å². The van der Waals surface area contributed by atoms with E-state index in [1.54, 1.807) is 0 Å². The lowest BCUT2D eigenvalue weighted by atomic mass is 9.95. The zero-order chi connectivity index (χ0) is 13.7. The summed E-state index contributed by atoms with van der Waals surface area (Å²) in [6.07, 6.45) is 6.88. The molecule has 0 spiro atoms. The Balaban J connectivity index is 1.79. The van der Waals surface area contributed by atoms with Gasteiger partial charge in [-0.1, -0.05) is 13.3 Å². The van der Waals surface area contributed by atoms with Crippen molar-refractivity contribution in [1.82, 2.24) is 10.2 Å². The van der Waals surface area contributed by atoms with Gasteiger partial charge in [-0.2, -0.15) is 11.8 Å². The Bertz CT molecular complexity index is 295. The molecule has 5 heteroatoms. The summed E-state index contributed by atoms with van der Waals surface area (Å²) < 4.78 is 0. The third kappa shape index (κ3) is 4.56. The van der Waals surface area contributed by atoms with Crippen LogP contribution in [-0.4, -0.2) is 52.3 Å². The van der Waals surface area contributed by atoms with Crippen molar-refractivity contribution in [2.75, 3.05) is 18.9 Å². The first-order chi connectivity index (χ1) is 9.24. The van der Waals surface area contributed by atoms with Crippen LogP contribution >= 0.6 is 11.8 Å². The first-order valence-corrected chi connectivity index (χ1v) is 8.59. The van der Waals surface area contributed by atoms with Crippen LogP contribution in [0.4, 0.5) is 4.79 Å². The van der Waals surface area contributed by atoms with Gasteiger partial charge in [-0.15, -0.1) is 0 Å². The van der Waals surface area contributed by atoms with Gasteiger partial charge in [0, 0.05) is 23.9 Å². The molecule has 0 aromatic heterocycles. The molecule has 2 N–H and O–H groups in total. The lowest BCUT2D eigenvalue weighted by Gasteiger charge is -2.31. The van der Waals surface area contributed by atoms with Crippen molar-refractivity contribution < 1.29 is 9.90 Å². The fraction of sp³-hybridized carbons (Fsp3) is 0.929. The molecule has 2 saturated carbocycles. The Hall–Kier alpha value is -0.420. The molecule has 19 heavy (non-hydrogen) atoms. The van der Waals surface area contributed by atoms with Crippen molar-refractivity contribution in [3.05, 3.63) is 0 Å². The third-order valence-electron chi connectivity index (χ3n) is 3.95. The largest absolute Gasteiger partial charge is 0.395 e. The zero-order valence-corrected chi connectivity index (χ0v) is 12.6. The minimum absolute atomic E-state index is 0.0312. The van der Waals surface area contributed by atoms with Gasteiger partial charge in [0.2, 0.25) is 0 Å². The summed E-state index contributed by atoms with van der Waals surface area (Å²) in [7, 11) is 0. The molecule has 2 atom stereocenters. The monoisotopic (exact) mass is 286 g/mol. The minimum atomic E-state index is 0.0312. The fourth-order valence-electron chi connectivity index (χ4n) is 2.86. The second-order valence-corrected chi connectivity index (χ2v) is 7.12. The van der Waals surface area contributed by atoms with Gasteiger partial charge in [0.15, 0.2) is 0 Å². The van der Waals surface area contributed by atoms with Crippen molar-refractivity contribution in [3.8, 4) is 0 Å². The topological polar surface area (TPSA) is 52.6 Å². The maximum Gasteiger partial charge on any atom is 0.317 e. The molecule has 2 fully saturated rings. The highest BCUT2D eigenvalue weighted by Crippen LogP contribution is 2.30. The summed E-state index contributed by atoms with van der Waals surface area (Å²) in [5.74, 6) is 1.16. The summed E-state index contributed by atoms with van der Waals surface area (Å²) in [6, 6.07) is 0.727. The van der Waals surface area contributed by atoms with Gasteiger partial charge >= 0.3 is 6.03 Å². The fourth-order valence-corrected chi connectivity index (χ4v) is 4.04. The molecule has 4 nitrogen and oxygen atoms in total. The van der Waals surface area contributed by atoms with Crippen molar-refractivity contribution in [3.63, 3.8) is 0 Å². The molecule has 0 aromatic carbocycles. The number of urea groups is 1. The smallest absolute Gasteiger partial charge is 0.317 e. The quantitative estimate of drug-likeness (QED) is 0.787. The van der Waals surface area contributed by atoms with E-state index in [9.17, 15) is 4.79 Å². The van der Waals surface area contributed by atoms with E-state index in [-0.39, 0.29) is 12.6 Å². The van der Waals surface area contributed by atoms with Crippen LogP contribution in [-0.2, 0) is 0 Å². The van der Waals surface area contributed by atoms with E-state index in [2.05, 4.69) is 12.2 Å². The third-order valence-corrected chi connectivity index (χ3v) is 5.18. The molecular formula is C14H26N2O2S. The summed E-state index contributed by atoms with van der Waals surface area (Å²) in [5, 5.41) is 12.9. The Morgan fingerprint density at radius 3 is 2.79 bits per heavy atom. The molecule has 2 rings (SSSR count). The van der Waals surface area contributed by atoms with Crippen molar-refractivity contribution in [2.24, 2.45) is 0 Å². The molecule has 0 unspecified atom stereocenters. The van der Waals surface area contributed by atoms with Gasteiger partial charge in [-0.25, -0.2) is 4.79 Å². The molecule has 0 aromatic rings. The average molecular weight is 286 g/mol. The lowest BCUT2D eigenvalue weighted by Crippen LogP contribution is -2.48. The molecular weight excluding hydrogens is 260 g/mol. The molecule has 0 aliphatic heterocycles. The number of carbonyl (C=O) groups is 1. The number of carbonyl (C=O) groups excluding carboxylic acids is 1. The average Bonchev–Trinajstić information content (AvgIpc) is 3.21. The van der Waals surface area contributed by atoms with E-state index in [0.717, 1.165) is 31.4 Å². The second kappa shape index (κ2) is 7.39. The first kappa shape index (κ1) is 15.0. The lowest BCUT2D eigenvalue weighted by molar-refractivity contribution is 0.168. The van der Waals surface area contributed by atoms with Gasteiger partial charge in [0.05, 0.1) is 6.61 Å². The zero-order valence-electron chi connectivity index (χ0n) is 11.8. The molecule has 0 bridgehead atoms. The molecule has 0 heterocycles. The molecule has 110 valence electrons. The summed E-state index contributed by atoms with van der Waals surface area (Å²) in [6.45, 7) is 2.72. The van der Waals surface area contributed by atoms with Crippen LogP contribution in [0, 0.1) is 0 Å². The predicted octanol–water partition coefficient (Wildman–Crippen LogP) is 2.22. The number of thioether (sulfide) groups is 1. The van der Waals surface area contributed by atoms with E-state index in [1.807, 2.05) is 16.7 Å². The van der Waals surface area contributed by atoms with Gasteiger partial charge in [0.25, 0.3) is 0 Å². The standard InChI is InChI=1S/C14H26N2O2S/c1-2-19-13-5-3-4-11(10-13)15-14(18)16(8-9-17)12-6-7-12/h11-13,17H,2-10H2,1H3,(H,15,18)/t11-,13+/m0/s1. The highest BCUT2D eigenvalue weighted by Gasteiger charge is 2.33. The number of rotatable bonds is 6. The van der Waals surface area contributed by atoms with Crippen LogP contribution in [0.2, 0.25) is 0 Å². The van der Waals surface area contributed by atoms with Crippen LogP contribution in [0.3, 0.4) is 0 Å². The number of aliphatic hydroxyl groups excluding tert-OH is 1. The second-order valence-electron chi connectivity index (χ2n) is 5.54. The van der Waals surface area contributed by atoms with Crippen LogP contribution in [0.15, 0.2) is 0 Å². The van der Waals surface area contributed by atoms with Crippen LogP contribution in [0.25, 0.3) is 0 Å². The van der Waals surface area contributed by atoms with E-state index in [4.69, 9.17) is 5.11 Å². The van der Waals surface area contributed by atoms with E-state index < -0.39 is 0 Å². The van der Waals surface area contributed by atoms with Crippen LogP contribution in [0.5, 0.6) is 0 Å². The summed E-state index contributed by atoms with van der Waals surface area (Å²) in [4.78, 5) is 14.1. The van der Waals surface area contributed by atoms with Gasteiger partial charge in [-0.05, 0) is 37.9 Å². The number of nitrogens with one attached hydrogen (secondary N) is 1. The van der Waals surface area contributed by atoms with E-state index in [0.29, 0.717) is 23.9 Å². The SMILES string of the molecule is CCS[C@@H]1CCC[C@H](NC(=O)N(CCO)C2CC2)C1. The van der Waals surface area contributed by atoms with Crippen molar-refractivity contribution >= 4 is 17.8 Å². The summed E-state index contributed by atoms with van der Waals surface area (Å²) in [5.41, 5.74) is 0. The number of amides is 2. The molecule has 2 aliphatic rings. The maximum absolute atomic E-state index is 12.2. The number of nitrogens with zero attached hydrogens (tertiary/aromatic N) is 1. The van der Waals surface area contributed by atoms with E-state index >= 15 is 0 Å². The Labute approximate surface area is 120 Å². The van der Waals surface area contributed by atoms with Gasteiger partial charge in [-0.3, -0.25) is 0 Å².